The van der Waals surface area contributed by atoms with Crippen LogP contribution in [-0.2, 0) is 13.0 Å². The molecule has 0 saturated carbocycles. The summed E-state index contributed by atoms with van der Waals surface area (Å²) in [7, 11) is 0. The molecule has 3 aromatic rings. The zero-order valence-electron chi connectivity index (χ0n) is 17.5. The lowest BCUT2D eigenvalue weighted by Crippen LogP contribution is -2.34. The summed E-state index contributed by atoms with van der Waals surface area (Å²) in [6.07, 6.45) is 2.69. The lowest BCUT2D eigenvalue weighted by Gasteiger charge is -2.30. The van der Waals surface area contributed by atoms with Crippen LogP contribution in [0.4, 0.5) is 0 Å². The molecule has 0 saturated heterocycles. The van der Waals surface area contributed by atoms with E-state index in [4.69, 9.17) is 21.1 Å². The first-order valence-electron chi connectivity index (χ1n) is 10.4. The van der Waals surface area contributed by atoms with Crippen molar-refractivity contribution >= 4 is 39.4 Å². The number of Topliss-reactive ketones (excluding diaryl/α,β-unsaturated/α-hetero) is 1. The van der Waals surface area contributed by atoms with Crippen molar-refractivity contribution < 1.29 is 14.3 Å². The van der Waals surface area contributed by atoms with E-state index < -0.39 is 0 Å². The molecule has 0 N–H and O–H groups in total. The molecule has 0 spiro atoms. The number of fused-ring (bicyclic) bond motifs is 2. The molecule has 3 aromatic carbocycles. The van der Waals surface area contributed by atoms with Gasteiger partial charge >= 0.3 is 0 Å². The largest absolute Gasteiger partial charge is 0.477 e. The number of halogens is 2. The minimum absolute atomic E-state index is 0.0906. The van der Waals surface area contributed by atoms with Gasteiger partial charge in [0.15, 0.2) is 5.76 Å². The Bertz CT molecular complexity index is 1220. The number of allylic oxidation sites excluding steroid dienone is 1. The van der Waals surface area contributed by atoms with Crippen LogP contribution < -0.4 is 9.47 Å². The normalized spacial score (nSPS) is 16.5. The van der Waals surface area contributed by atoms with Crippen molar-refractivity contribution in [3.8, 4) is 11.5 Å². The topological polar surface area (TPSA) is 38.8 Å². The molecule has 4 nitrogen and oxygen atoms in total. The number of benzene rings is 3. The monoisotopic (exact) mass is 509 g/mol. The van der Waals surface area contributed by atoms with Crippen LogP contribution in [-0.4, -0.2) is 24.0 Å². The molecule has 6 heteroatoms. The number of hydrogen-bond acceptors (Lipinski definition) is 4. The summed E-state index contributed by atoms with van der Waals surface area (Å²) in [5.74, 6) is 1.68. The molecule has 0 aromatic heterocycles. The lowest BCUT2D eigenvalue weighted by atomic mass is 10.00. The number of rotatable bonds is 4. The van der Waals surface area contributed by atoms with Gasteiger partial charge in [0.25, 0.3) is 0 Å². The van der Waals surface area contributed by atoms with Crippen LogP contribution in [0.25, 0.3) is 6.08 Å². The summed E-state index contributed by atoms with van der Waals surface area (Å²) in [4.78, 5) is 15.3. The van der Waals surface area contributed by atoms with Gasteiger partial charge in [0.2, 0.25) is 5.78 Å². The van der Waals surface area contributed by atoms with Crippen molar-refractivity contribution in [1.82, 2.24) is 4.90 Å². The third kappa shape index (κ3) is 4.20. The average molecular weight is 511 g/mol. The van der Waals surface area contributed by atoms with Crippen LogP contribution in [0.3, 0.4) is 0 Å². The zero-order valence-corrected chi connectivity index (χ0v) is 19.9. The summed E-state index contributed by atoms with van der Waals surface area (Å²) in [6, 6.07) is 17.6. The van der Waals surface area contributed by atoms with E-state index >= 15 is 0 Å². The minimum Gasteiger partial charge on any atom is -0.477 e. The van der Waals surface area contributed by atoms with E-state index in [1.807, 2.05) is 61.5 Å². The second-order valence-corrected chi connectivity index (χ2v) is 9.41. The highest BCUT2D eigenvalue weighted by molar-refractivity contribution is 9.10. The molecular weight excluding hydrogens is 490 g/mol. The van der Waals surface area contributed by atoms with E-state index in [2.05, 4.69) is 20.8 Å². The molecular formula is C26H21BrClNO3. The van der Waals surface area contributed by atoms with E-state index in [9.17, 15) is 4.79 Å². The summed E-state index contributed by atoms with van der Waals surface area (Å²) in [6.45, 7) is 4.05. The second-order valence-electron chi connectivity index (χ2n) is 8.06. The Morgan fingerprint density at radius 2 is 1.84 bits per heavy atom. The first kappa shape index (κ1) is 21.3. The fourth-order valence-electron chi connectivity index (χ4n) is 4.09. The number of carbonyl (C=O) groups is 1. The highest BCUT2D eigenvalue weighted by Crippen LogP contribution is 2.43. The Labute approximate surface area is 200 Å². The van der Waals surface area contributed by atoms with Crippen LogP contribution in [0.2, 0.25) is 5.02 Å². The number of nitrogens with zero attached hydrogens (tertiary/aromatic N) is 1. The number of ether oxygens (including phenoxy) is 2. The molecule has 0 atom stereocenters. The standard InChI is InChI=1S/C26H21BrClNO3/c1-16-25-19(14-29(15-31-25)11-10-17-4-8-21(28)9-5-17)13-22-24(30)23(32-26(16)22)12-18-2-6-20(27)7-3-18/h2-9,12-13H,10-11,14-15H2,1H3/b23-12-. The average Bonchev–Trinajstić information content (AvgIpc) is 3.10. The minimum atomic E-state index is -0.0906. The van der Waals surface area contributed by atoms with Gasteiger partial charge in [-0.1, -0.05) is 51.8 Å². The van der Waals surface area contributed by atoms with Crippen molar-refractivity contribution in [2.24, 2.45) is 0 Å². The summed E-state index contributed by atoms with van der Waals surface area (Å²) >= 11 is 9.41. The van der Waals surface area contributed by atoms with Crippen molar-refractivity contribution in [1.29, 1.82) is 0 Å². The van der Waals surface area contributed by atoms with Crippen molar-refractivity contribution in [2.75, 3.05) is 13.3 Å². The second kappa shape index (κ2) is 8.74. The molecule has 0 unspecified atom stereocenters. The van der Waals surface area contributed by atoms with E-state index in [0.29, 0.717) is 23.8 Å². The van der Waals surface area contributed by atoms with Crippen molar-refractivity contribution in [2.45, 2.75) is 19.9 Å². The zero-order chi connectivity index (χ0) is 22.2. The molecule has 2 heterocycles. The maximum atomic E-state index is 13.1. The Morgan fingerprint density at radius 1 is 1.09 bits per heavy atom. The predicted molar refractivity (Wildman–Crippen MR) is 129 cm³/mol. The van der Waals surface area contributed by atoms with Crippen molar-refractivity contribution in [3.05, 3.63) is 97.7 Å². The predicted octanol–water partition coefficient (Wildman–Crippen LogP) is 6.42. The van der Waals surface area contributed by atoms with E-state index in [0.717, 1.165) is 51.4 Å². The SMILES string of the molecule is Cc1c2c(cc3c1O/C(=C\c1ccc(Br)cc1)C3=O)CN(CCc1ccc(Cl)cc1)CO2. The molecule has 0 aliphatic carbocycles. The molecule has 2 aliphatic rings. The van der Waals surface area contributed by atoms with Gasteiger partial charge in [-0.25, -0.2) is 0 Å². The third-order valence-electron chi connectivity index (χ3n) is 5.80. The molecule has 0 radical (unpaired) electrons. The summed E-state index contributed by atoms with van der Waals surface area (Å²) in [5.41, 5.74) is 4.65. The number of carbonyl (C=O) groups excluding carboxylic acids is 1. The number of hydrogen-bond donors (Lipinski definition) is 0. The molecule has 32 heavy (non-hydrogen) atoms. The Hall–Kier alpha value is -2.60. The smallest absolute Gasteiger partial charge is 0.231 e. The fourth-order valence-corrected chi connectivity index (χ4v) is 4.48. The lowest BCUT2D eigenvalue weighted by molar-refractivity contribution is 0.0954. The Morgan fingerprint density at radius 3 is 2.59 bits per heavy atom. The van der Waals surface area contributed by atoms with Gasteiger partial charge in [0, 0.05) is 33.7 Å². The number of ketones is 1. The van der Waals surface area contributed by atoms with Gasteiger partial charge in [0.05, 0.1) is 5.56 Å². The molecule has 0 fully saturated rings. The van der Waals surface area contributed by atoms with E-state index in [-0.39, 0.29) is 5.78 Å². The highest BCUT2D eigenvalue weighted by atomic mass is 79.9. The van der Waals surface area contributed by atoms with Gasteiger partial charge in [-0.15, -0.1) is 0 Å². The highest BCUT2D eigenvalue weighted by Gasteiger charge is 2.33. The van der Waals surface area contributed by atoms with Gasteiger partial charge in [-0.3, -0.25) is 9.69 Å². The van der Waals surface area contributed by atoms with Crippen LogP contribution in [0, 0.1) is 6.92 Å². The third-order valence-corrected chi connectivity index (χ3v) is 6.58. The molecule has 2 aliphatic heterocycles. The molecule has 0 bridgehead atoms. The quantitative estimate of drug-likeness (QED) is 0.380. The molecule has 0 amide bonds. The van der Waals surface area contributed by atoms with Gasteiger partial charge < -0.3 is 9.47 Å². The van der Waals surface area contributed by atoms with Gasteiger partial charge in [-0.05, 0) is 60.9 Å². The first-order valence-corrected chi connectivity index (χ1v) is 11.6. The Kier molecular flexibility index (Phi) is 5.80. The van der Waals surface area contributed by atoms with Gasteiger partial charge in [0.1, 0.15) is 18.2 Å². The maximum absolute atomic E-state index is 13.1. The van der Waals surface area contributed by atoms with E-state index in [1.54, 1.807) is 6.08 Å². The maximum Gasteiger partial charge on any atom is 0.231 e. The molecule has 162 valence electrons. The van der Waals surface area contributed by atoms with E-state index in [1.165, 1.54) is 5.56 Å². The van der Waals surface area contributed by atoms with Crippen LogP contribution >= 0.6 is 27.5 Å². The molecule has 5 rings (SSSR count). The summed E-state index contributed by atoms with van der Waals surface area (Å²) in [5, 5.41) is 0.744. The van der Waals surface area contributed by atoms with Crippen LogP contribution in [0.15, 0.2) is 64.8 Å². The van der Waals surface area contributed by atoms with Crippen LogP contribution in [0.5, 0.6) is 11.5 Å². The van der Waals surface area contributed by atoms with Gasteiger partial charge in [-0.2, -0.15) is 0 Å². The first-order chi connectivity index (χ1) is 15.5. The summed E-state index contributed by atoms with van der Waals surface area (Å²) < 4.78 is 13.1. The van der Waals surface area contributed by atoms with Crippen molar-refractivity contribution in [3.63, 3.8) is 0 Å². The van der Waals surface area contributed by atoms with Crippen LogP contribution in [0.1, 0.15) is 32.6 Å². The Balaban J connectivity index is 1.35. The fraction of sp³-hybridized carbons (Fsp3) is 0.192.